The highest BCUT2D eigenvalue weighted by Crippen LogP contribution is 2.10. The largest absolute Gasteiger partial charge is 0.490 e. The van der Waals surface area contributed by atoms with Gasteiger partial charge in [0.1, 0.15) is 12.4 Å². The number of benzene rings is 1. The third-order valence-electron chi connectivity index (χ3n) is 3.92. The zero-order valence-electron chi connectivity index (χ0n) is 18.1. The second kappa shape index (κ2) is 16.4. The lowest BCUT2D eigenvalue weighted by Crippen LogP contribution is -2.30. The lowest BCUT2D eigenvalue weighted by atomic mass is 10.3. The summed E-state index contributed by atoms with van der Waals surface area (Å²) < 4.78 is 27.1. The molecule has 0 bridgehead atoms. The molecule has 0 aliphatic carbocycles. The Hall–Kier alpha value is -2.38. The van der Waals surface area contributed by atoms with E-state index >= 15 is 0 Å². The SMILES string of the molecule is C=C(C)C(=O)OCCCC(=O)OC(COCCCCOCC)COc1ccccc1. The molecule has 0 amide bonds. The summed E-state index contributed by atoms with van der Waals surface area (Å²) >= 11 is 0. The third kappa shape index (κ3) is 13.0. The van der Waals surface area contributed by atoms with Gasteiger partial charge < -0.3 is 23.7 Å². The van der Waals surface area contributed by atoms with Crippen LogP contribution in [-0.2, 0) is 28.5 Å². The Morgan fingerprint density at radius 3 is 2.33 bits per heavy atom. The number of hydrogen-bond acceptors (Lipinski definition) is 7. The molecule has 168 valence electrons. The minimum absolute atomic E-state index is 0.139. The standard InChI is InChI=1S/C23H34O7/c1-4-26-14-8-9-15-27-17-21(18-29-20-11-6-5-7-12-20)30-22(24)13-10-16-28-23(25)19(2)3/h5-7,11-12,21H,2,4,8-10,13-18H2,1,3H3. The van der Waals surface area contributed by atoms with E-state index in [2.05, 4.69) is 6.58 Å². The number of ether oxygens (including phenoxy) is 5. The second-order valence-electron chi connectivity index (χ2n) is 6.73. The number of esters is 2. The molecule has 0 radical (unpaired) electrons. The van der Waals surface area contributed by atoms with Crippen LogP contribution in [0.15, 0.2) is 42.5 Å². The van der Waals surface area contributed by atoms with Crippen molar-refractivity contribution in [1.29, 1.82) is 0 Å². The van der Waals surface area contributed by atoms with E-state index in [1.54, 1.807) is 6.92 Å². The van der Waals surface area contributed by atoms with Crippen molar-refractivity contribution in [3.63, 3.8) is 0 Å². The molecular formula is C23H34O7. The van der Waals surface area contributed by atoms with E-state index < -0.39 is 12.1 Å². The summed E-state index contributed by atoms with van der Waals surface area (Å²) in [7, 11) is 0. The molecule has 1 atom stereocenters. The Morgan fingerprint density at radius 1 is 0.967 bits per heavy atom. The quantitative estimate of drug-likeness (QED) is 0.215. The van der Waals surface area contributed by atoms with Crippen LogP contribution in [0, 0.1) is 0 Å². The minimum Gasteiger partial charge on any atom is -0.490 e. The van der Waals surface area contributed by atoms with Crippen molar-refractivity contribution in [2.45, 2.75) is 45.6 Å². The number of carbonyl (C=O) groups excluding carboxylic acids is 2. The third-order valence-corrected chi connectivity index (χ3v) is 3.92. The van der Waals surface area contributed by atoms with Gasteiger partial charge in [-0.3, -0.25) is 4.79 Å². The topological polar surface area (TPSA) is 80.3 Å². The van der Waals surface area contributed by atoms with Gasteiger partial charge in [0.15, 0.2) is 6.10 Å². The summed E-state index contributed by atoms with van der Waals surface area (Å²) in [4.78, 5) is 23.5. The highest BCUT2D eigenvalue weighted by atomic mass is 16.6. The van der Waals surface area contributed by atoms with Crippen LogP contribution in [0.25, 0.3) is 0 Å². The lowest BCUT2D eigenvalue weighted by Gasteiger charge is -2.19. The van der Waals surface area contributed by atoms with E-state index in [1.807, 2.05) is 37.3 Å². The number of rotatable bonds is 17. The molecule has 1 aromatic rings. The van der Waals surface area contributed by atoms with Crippen molar-refractivity contribution < 1.29 is 33.3 Å². The second-order valence-corrected chi connectivity index (χ2v) is 6.73. The van der Waals surface area contributed by atoms with Crippen molar-refractivity contribution in [3.8, 4) is 5.75 Å². The highest BCUT2D eigenvalue weighted by Gasteiger charge is 2.16. The summed E-state index contributed by atoms with van der Waals surface area (Å²) in [6.07, 6.45) is 1.78. The Labute approximate surface area is 179 Å². The van der Waals surface area contributed by atoms with Gasteiger partial charge in [-0.25, -0.2) is 4.79 Å². The zero-order valence-corrected chi connectivity index (χ0v) is 18.1. The highest BCUT2D eigenvalue weighted by molar-refractivity contribution is 5.86. The molecule has 0 spiro atoms. The average molecular weight is 423 g/mol. The fourth-order valence-corrected chi connectivity index (χ4v) is 2.34. The van der Waals surface area contributed by atoms with E-state index in [1.165, 1.54) is 0 Å². The molecule has 0 aromatic heterocycles. The van der Waals surface area contributed by atoms with Crippen molar-refractivity contribution in [3.05, 3.63) is 42.5 Å². The predicted octanol–water partition coefficient (Wildman–Crippen LogP) is 3.71. The lowest BCUT2D eigenvalue weighted by molar-refractivity contribution is -0.155. The number of hydrogen-bond donors (Lipinski definition) is 0. The summed E-state index contributed by atoms with van der Waals surface area (Å²) in [6, 6.07) is 9.32. The van der Waals surface area contributed by atoms with Crippen molar-refractivity contribution in [1.82, 2.24) is 0 Å². The number of para-hydroxylation sites is 1. The molecule has 7 heteroatoms. The van der Waals surface area contributed by atoms with Gasteiger partial charge in [0, 0.05) is 31.8 Å². The average Bonchev–Trinajstić information content (AvgIpc) is 2.74. The van der Waals surface area contributed by atoms with E-state index in [9.17, 15) is 9.59 Å². The van der Waals surface area contributed by atoms with Gasteiger partial charge in [-0.05, 0) is 45.2 Å². The van der Waals surface area contributed by atoms with Crippen LogP contribution in [0.1, 0.15) is 39.5 Å². The van der Waals surface area contributed by atoms with Gasteiger partial charge in [0.25, 0.3) is 0 Å². The predicted molar refractivity (Wildman–Crippen MR) is 113 cm³/mol. The van der Waals surface area contributed by atoms with Crippen LogP contribution in [0.2, 0.25) is 0 Å². The summed E-state index contributed by atoms with van der Waals surface area (Å²) in [5, 5.41) is 0. The molecule has 0 fully saturated rings. The maximum Gasteiger partial charge on any atom is 0.333 e. The maximum atomic E-state index is 12.1. The first-order chi connectivity index (χ1) is 14.5. The molecule has 0 aliphatic rings. The Kier molecular flexibility index (Phi) is 14.0. The normalized spacial score (nSPS) is 11.5. The van der Waals surface area contributed by atoms with Crippen LogP contribution >= 0.6 is 0 Å². The van der Waals surface area contributed by atoms with E-state index in [-0.39, 0.29) is 32.2 Å². The van der Waals surface area contributed by atoms with Gasteiger partial charge >= 0.3 is 11.9 Å². The molecule has 0 aliphatic heterocycles. The molecule has 1 unspecified atom stereocenters. The van der Waals surface area contributed by atoms with Crippen molar-refractivity contribution >= 4 is 11.9 Å². The van der Waals surface area contributed by atoms with E-state index in [4.69, 9.17) is 23.7 Å². The van der Waals surface area contributed by atoms with Gasteiger partial charge in [-0.2, -0.15) is 0 Å². The molecule has 0 heterocycles. The van der Waals surface area contributed by atoms with Crippen LogP contribution < -0.4 is 4.74 Å². The maximum absolute atomic E-state index is 12.1. The van der Waals surface area contributed by atoms with E-state index in [0.29, 0.717) is 37.6 Å². The first kappa shape index (κ1) is 25.7. The molecule has 7 nitrogen and oxygen atoms in total. The number of unbranched alkanes of at least 4 members (excludes halogenated alkanes) is 1. The first-order valence-corrected chi connectivity index (χ1v) is 10.4. The molecular weight excluding hydrogens is 388 g/mol. The smallest absolute Gasteiger partial charge is 0.333 e. The molecule has 0 N–H and O–H groups in total. The minimum atomic E-state index is -0.525. The van der Waals surface area contributed by atoms with Gasteiger partial charge in [0.2, 0.25) is 0 Å². The Balaban J connectivity index is 2.36. The molecule has 30 heavy (non-hydrogen) atoms. The number of carbonyl (C=O) groups is 2. The zero-order chi connectivity index (χ0) is 22.0. The summed E-state index contributed by atoms with van der Waals surface area (Å²) in [6.45, 7) is 9.61. The van der Waals surface area contributed by atoms with E-state index in [0.717, 1.165) is 12.8 Å². The monoisotopic (exact) mass is 422 g/mol. The Morgan fingerprint density at radius 2 is 1.67 bits per heavy atom. The summed E-state index contributed by atoms with van der Waals surface area (Å²) in [5.41, 5.74) is 0.328. The molecule has 0 saturated heterocycles. The van der Waals surface area contributed by atoms with Gasteiger partial charge in [0.05, 0.1) is 13.2 Å². The summed E-state index contributed by atoms with van der Waals surface area (Å²) in [5.74, 6) is -0.153. The van der Waals surface area contributed by atoms with Gasteiger partial charge in [-0.15, -0.1) is 0 Å². The molecule has 1 aromatic carbocycles. The van der Waals surface area contributed by atoms with Crippen LogP contribution in [-0.4, -0.2) is 57.7 Å². The van der Waals surface area contributed by atoms with Crippen molar-refractivity contribution in [2.24, 2.45) is 0 Å². The fourth-order valence-electron chi connectivity index (χ4n) is 2.34. The first-order valence-electron chi connectivity index (χ1n) is 10.4. The van der Waals surface area contributed by atoms with Crippen LogP contribution in [0.5, 0.6) is 5.75 Å². The van der Waals surface area contributed by atoms with Crippen LogP contribution in [0.3, 0.4) is 0 Å². The van der Waals surface area contributed by atoms with Crippen LogP contribution in [0.4, 0.5) is 0 Å². The molecule has 1 rings (SSSR count). The van der Waals surface area contributed by atoms with Gasteiger partial charge in [-0.1, -0.05) is 24.8 Å². The Bertz CT molecular complexity index is 615. The molecule has 0 saturated carbocycles. The van der Waals surface area contributed by atoms with Crippen molar-refractivity contribution in [2.75, 3.05) is 39.6 Å². The fraction of sp³-hybridized carbons (Fsp3) is 0.565.